The smallest absolute Gasteiger partial charge is 0.265 e. The van der Waals surface area contributed by atoms with Crippen molar-refractivity contribution < 1.29 is 17.6 Å². The van der Waals surface area contributed by atoms with Crippen molar-refractivity contribution in [2.45, 2.75) is 32.6 Å². The summed E-state index contributed by atoms with van der Waals surface area (Å²) in [6.45, 7) is 8.64. The first-order chi connectivity index (χ1) is 14.7. The number of rotatable bonds is 4. The van der Waals surface area contributed by atoms with E-state index in [0.717, 1.165) is 16.9 Å². The van der Waals surface area contributed by atoms with Crippen molar-refractivity contribution in [3.63, 3.8) is 0 Å². The fraction of sp³-hybridized carbons (Fsp3) is 0.364. The van der Waals surface area contributed by atoms with Crippen molar-refractivity contribution in [2.24, 2.45) is 0 Å². The van der Waals surface area contributed by atoms with Gasteiger partial charge in [-0.05, 0) is 51.5 Å². The molecule has 3 heterocycles. The van der Waals surface area contributed by atoms with E-state index in [2.05, 4.69) is 4.98 Å². The number of sulfonamides is 1. The van der Waals surface area contributed by atoms with Gasteiger partial charge >= 0.3 is 0 Å². The molecule has 1 amide bonds. The number of benzene rings is 1. The highest BCUT2D eigenvalue weighted by Crippen LogP contribution is 2.30. The summed E-state index contributed by atoms with van der Waals surface area (Å²) in [6.07, 6.45) is 0. The molecule has 9 heteroatoms. The molecule has 0 atom stereocenters. The van der Waals surface area contributed by atoms with Gasteiger partial charge in [-0.3, -0.25) is 4.79 Å². The van der Waals surface area contributed by atoms with Gasteiger partial charge in [0.25, 0.3) is 5.91 Å². The minimum absolute atomic E-state index is 0.118. The third kappa shape index (κ3) is 4.17. The number of hydrogen-bond donors (Lipinski definition) is 0. The molecule has 0 unspecified atom stereocenters. The summed E-state index contributed by atoms with van der Waals surface area (Å²) in [5, 5.41) is 0.671. The molecular formula is C22H25N3O4S2. The Hall–Kier alpha value is -2.49. The second-order valence-corrected chi connectivity index (χ2v) is 10.7. The van der Waals surface area contributed by atoms with Crippen LogP contribution < -0.4 is 0 Å². The van der Waals surface area contributed by atoms with Crippen LogP contribution in [-0.4, -0.2) is 54.7 Å². The monoisotopic (exact) mass is 459 g/mol. The molecule has 31 heavy (non-hydrogen) atoms. The van der Waals surface area contributed by atoms with Gasteiger partial charge in [0.05, 0.1) is 10.6 Å². The molecule has 2 aromatic heterocycles. The number of carbonyl (C=O) groups excluding carboxylic acids is 1. The maximum Gasteiger partial charge on any atom is 0.265 e. The summed E-state index contributed by atoms with van der Waals surface area (Å²) in [7, 11) is -3.59. The summed E-state index contributed by atoms with van der Waals surface area (Å²) in [5.74, 6) is 1.32. The first-order valence-corrected chi connectivity index (χ1v) is 12.3. The highest BCUT2D eigenvalue weighted by molar-refractivity contribution is 7.89. The zero-order chi connectivity index (χ0) is 22.3. The first kappa shape index (κ1) is 21.7. The van der Waals surface area contributed by atoms with Crippen molar-refractivity contribution in [1.82, 2.24) is 14.2 Å². The molecular weight excluding hydrogens is 434 g/mol. The molecule has 7 nitrogen and oxygen atoms in total. The molecule has 0 radical (unpaired) electrons. The van der Waals surface area contributed by atoms with E-state index in [1.165, 1.54) is 15.6 Å². The average Bonchev–Trinajstić information content (AvgIpc) is 3.33. The predicted molar refractivity (Wildman–Crippen MR) is 120 cm³/mol. The minimum atomic E-state index is -3.59. The molecule has 3 aromatic rings. The van der Waals surface area contributed by atoms with E-state index < -0.39 is 10.0 Å². The van der Waals surface area contributed by atoms with E-state index in [1.807, 2.05) is 52.0 Å². The molecule has 164 valence electrons. The van der Waals surface area contributed by atoms with Gasteiger partial charge in [-0.1, -0.05) is 17.7 Å². The number of thiazole rings is 1. The van der Waals surface area contributed by atoms with Gasteiger partial charge < -0.3 is 9.32 Å². The van der Waals surface area contributed by atoms with E-state index in [-0.39, 0.29) is 19.0 Å². The SMILES string of the molecule is Cc1ccc(S(=O)(=O)N2CCN(C(=O)c3sc(-c4ccc(C)o4)nc3C)CC2)c(C)c1. The van der Waals surface area contributed by atoms with Crippen LogP contribution in [0.5, 0.6) is 0 Å². The molecule has 0 saturated carbocycles. The average molecular weight is 460 g/mol. The van der Waals surface area contributed by atoms with E-state index in [4.69, 9.17) is 4.42 Å². The van der Waals surface area contributed by atoms with Gasteiger partial charge in [-0.2, -0.15) is 4.31 Å². The molecule has 0 N–H and O–H groups in total. The lowest BCUT2D eigenvalue weighted by atomic mass is 10.2. The lowest BCUT2D eigenvalue weighted by Gasteiger charge is -2.34. The molecule has 1 aliphatic rings. The first-order valence-electron chi connectivity index (χ1n) is 10.1. The molecule has 1 saturated heterocycles. The Kier molecular flexibility index (Phi) is 5.76. The van der Waals surface area contributed by atoms with Gasteiger partial charge in [0.15, 0.2) is 10.8 Å². The predicted octanol–water partition coefficient (Wildman–Crippen LogP) is 3.78. The zero-order valence-corrected chi connectivity index (χ0v) is 19.6. The summed E-state index contributed by atoms with van der Waals surface area (Å²) >= 11 is 1.31. The summed E-state index contributed by atoms with van der Waals surface area (Å²) in [4.78, 5) is 20.2. The molecule has 0 bridgehead atoms. The third-order valence-corrected chi connectivity index (χ3v) is 8.63. The van der Waals surface area contributed by atoms with Crippen LogP contribution in [0, 0.1) is 27.7 Å². The molecule has 1 aliphatic heterocycles. The number of aryl methyl sites for hydroxylation is 4. The van der Waals surface area contributed by atoms with Crippen molar-refractivity contribution in [3.05, 3.63) is 57.8 Å². The molecule has 1 aromatic carbocycles. The maximum absolute atomic E-state index is 13.1. The van der Waals surface area contributed by atoms with Gasteiger partial charge in [0, 0.05) is 26.2 Å². The Bertz CT molecular complexity index is 1240. The Balaban J connectivity index is 1.47. The second-order valence-electron chi connectivity index (χ2n) is 7.81. The largest absolute Gasteiger partial charge is 0.459 e. The second kappa shape index (κ2) is 8.22. The normalized spacial score (nSPS) is 15.4. The lowest BCUT2D eigenvalue weighted by Crippen LogP contribution is -2.50. The van der Waals surface area contributed by atoms with Crippen LogP contribution in [0.25, 0.3) is 10.8 Å². The van der Waals surface area contributed by atoms with Gasteiger partial charge in [0.1, 0.15) is 10.6 Å². The highest BCUT2D eigenvalue weighted by Gasteiger charge is 2.32. The topological polar surface area (TPSA) is 83.7 Å². The molecule has 1 fully saturated rings. The lowest BCUT2D eigenvalue weighted by molar-refractivity contribution is 0.0702. The van der Waals surface area contributed by atoms with Crippen LogP contribution in [0.1, 0.15) is 32.3 Å². The van der Waals surface area contributed by atoms with E-state index in [1.54, 1.807) is 11.0 Å². The van der Waals surface area contributed by atoms with Crippen LogP contribution in [0.2, 0.25) is 0 Å². The van der Waals surface area contributed by atoms with Crippen LogP contribution in [0.3, 0.4) is 0 Å². The molecule has 0 spiro atoms. The van der Waals surface area contributed by atoms with Crippen LogP contribution in [0.15, 0.2) is 39.6 Å². The van der Waals surface area contributed by atoms with Crippen molar-refractivity contribution in [3.8, 4) is 10.8 Å². The van der Waals surface area contributed by atoms with E-state index in [0.29, 0.717) is 39.3 Å². The number of furan rings is 1. The summed E-state index contributed by atoms with van der Waals surface area (Å²) in [5.41, 5.74) is 2.42. The summed E-state index contributed by atoms with van der Waals surface area (Å²) in [6, 6.07) is 9.05. The third-order valence-electron chi connectivity index (χ3n) is 5.42. The van der Waals surface area contributed by atoms with Gasteiger partial charge in [-0.15, -0.1) is 11.3 Å². The Morgan fingerprint density at radius 1 is 1.03 bits per heavy atom. The van der Waals surface area contributed by atoms with Crippen LogP contribution in [0.4, 0.5) is 0 Å². The van der Waals surface area contributed by atoms with E-state index in [9.17, 15) is 13.2 Å². The molecule has 0 aliphatic carbocycles. The number of hydrogen-bond acceptors (Lipinski definition) is 6. The fourth-order valence-electron chi connectivity index (χ4n) is 3.75. The fourth-order valence-corrected chi connectivity index (χ4v) is 6.38. The van der Waals surface area contributed by atoms with E-state index >= 15 is 0 Å². The number of carbonyl (C=O) groups is 1. The Morgan fingerprint density at radius 2 is 1.74 bits per heavy atom. The van der Waals surface area contributed by atoms with Crippen molar-refractivity contribution in [1.29, 1.82) is 0 Å². The van der Waals surface area contributed by atoms with Crippen molar-refractivity contribution >= 4 is 27.3 Å². The van der Waals surface area contributed by atoms with Crippen LogP contribution in [-0.2, 0) is 10.0 Å². The van der Waals surface area contributed by atoms with Crippen molar-refractivity contribution in [2.75, 3.05) is 26.2 Å². The van der Waals surface area contributed by atoms with Gasteiger partial charge in [0.2, 0.25) is 10.0 Å². The van der Waals surface area contributed by atoms with Crippen LogP contribution >= 0.6 is 11.3 Å². The Labute approximate surface area is 186 Å². The maximum atomic E-state index is 13.1. The van der Waals surface area contributed by atoms with Gasteiger partial charge in [-0.25, -0.2) is 13.4 Å². The molecule has 4 rings (SSSR count). The highest BCUT2D eigenvalue weighted by atomic mass is 32.2. The quantitative estimate of drug-likeness (QED) is 0.593. The summed E-state index contributed by atoms with van der Waals surface area (Å²) < 4.78 is 33.3. The minimum Gasteiger partial charge on any atom is -0.459 e. The zero-order valence-electron chi connectivity index (χ0n) is 18.0. The number of nitrogens with zero attached hydrogens (tertiary/aromatic N) is 3. The number of piperazine rings is 1. The number of aromatic nitrogens is 1. The Morgan fingerprint density at radius 3 is 2.35 bits per heavy atom. The number of amides is 1. The standard InChI is InChI=1S/C22H25N3O4S2/c1-14-5-8-19(15(2)13-14)31(27,28)25-11-9-24(10-12-25)22(26)20-17(4)23-21(30-20)18-7-6-16(3)29-18/h5-8,13H,9-12H2,1-4H3.